The van der Waals surface area contributed by atoms with E-state index in [9.17, 15) is 4.79 Å². The third kappa shape index (κ3) is 5.21. The van der Waals surface area contributed by atoms with E-state index in [1.165, 1.54) is 5.56 Å². The molecule has 5 heteroatoms. The van der Waals surface area contributed by atoms with Gasteiger partial charge in [0.25, 0.3) is 0 Å². The van der Waals surface area contributed by atoms with Gasteiger partial charge in [0, 0.05) is 23.1 Å². The molecule has 3 rings (SSSR count). The predicted octanol–water partition coefficient (Wildman–Crippen LogP) is 4.45. The number of halogens is 1. The average Bonchev–Trinajstić information content (AvgIpc) is 2.59. The summed E-state index contributed by atoms with van der Waals surface area (Å²) in [6, 6.07) is 18.4. The van der Waals surface area contributed by atoms with Crippen LogP contribution in [0.3, 0.4) is 0 Å². The van der Waals surface area contributed by atoms with Crippen molar-refractivity contribution in [2.45, 2.75) is 44.5 Å². The lowest BCUT2D eigenvalue weighted by molar-refractivity contribution is 0.124. The molecule has 1 atom stereocenters. The molecular formula is C20H23ClN2O2. The number of hydrogen-bond acceptors (Lipinski definition) is 3. The highest BCUT2D eigenvalue weighted by Crippen LogP contribution is 2.25. The van der Waals surface area contributed by atoms with Crippen molar-refractivity contribution < 1.29 is 9.53 Å². The largest absolute Gasteiger partial charge is 0.445 e. The molecule has 132 valence electrons. The number of carbonyl (C=O) groups is 1. The third-order valence-corrected chi connectivity index (χ3v) is 4.74. The van der Waals surface area contributed by atoms with Crippen molar-refractivity contribution in [2.24, 2.45) is 0 Å². The van der Waals surface area contributed by atoms with Gasteiger partial charge in [-0.05, 0) is 43.0 Å². The van der Waals surface area contributed by atoms with Crippen LogP contribution >= 0.6 is 11.6 Å². The van der Waals surface area contributed by atoms with Crippen LogP contribution in [0.1, 0.15) is 36.9 Å². The molecule has 1 saturated carbocycles. The monoisotopic (exact) mass is 358 g/mol. The molecule has 2 N–H and O–H groups in total. The Morgan fingerprint density at radius 3 is 2.64 bits per heavy atom. The highest BCUT2D eigenvalue weighted by molar-refractivity contribution is 6.30. The fourth-order valence-corrected chi connectivity index (χ4v) is 3.23. The van der Waals surface area contributed by atoms with Crippen molar-refractivity contribution in [1.82, 2.24) is 10.6 Å². The lowest BCUT2D eigenvalue weighted by atomic mass is 9.86. The first-order valence-electron chi connectivity index (χ1n) is 8.59. The molecule has 2 aromatic carbocycles. The normalized spacial score (nSPS) is 20.4. The minimum absolute atomic E-state index is 0.173. The maximum absolute atomic E-state index is 11.8. The highest BCUT2D eigenvalue weighted by Gasteiger charge is 2.31. The molecule has 1 aliphatic carbocycles. The Balaban J connectivity index is 1.35. The Morgan fingerprint density at radius 2 is 1.92 bits per heavy atom. The molecule has 0 aromatic heterocycles. The molecule has 0 unspecified atom stereocenters. The van der Waals surface area contributed by atoms with E-state index in [4.69, 9.17) is 16.3 Å². The number of carbonyl (C=O) groups excluding carboxylic acids is 1. The fourth-order valence-electron chi connectivity index (χ4n) is 3.03. The first-order chi connectivity index (χ1) is 12.1. The Hall–Kier alpha value is -2.04. The summed E-state index contributed by atoms with van der Waals surface area (Å²) in [5, 5.41) is 7.24. The Kier molecular flexibility index (Phi) is 5.95. The highest BCUT2D eigenvalue weighted by atomic mass is 35.5. The van der Waals surface area contributed by atoms with Gasteiger partial charge in [0.15, 0.2) is 0 Å². The maximum Gasteiger partial charge on any atom is 0.407 e. The second kappa shape index (κ2) is 8.37. The molecule has 0 bridgehead atoms. The zero-order valence-electron chi connectivity index (χ0n) is 14.2. The minimum Gasteiger partial charge on any atom is -0.445 e. The van der Waals surface area contributed by atoms with Gasteiger partial charge in [0.1, 0.15) is 6.61 Å². The van der Waals surface area contributed by atoms with Gasteiger partial charge in [-0.3, -0.25) is 0 Å². The standard InChI is InChI=1S/C20H23ClN2O2/c1-14(16-8-5-9-17(21)10-16)22-18-11-19(12-18)23-20(24)25-13-15-6-3-2-4-7-15/h2-10,14,18-19,22H,11-13H2,1H3,(H,23,24)/t14-,18?,19?/m0/s1. The van der Waals surface area contributed by atoms with E-state index in [1.54, 1.807) is 0 Å². The van der Waals surface area contributed by atoms with E-state index < -0.39 is 0 Å². The van der Waals surface area contributed by atoms with Crippen LogP contribution in [0.4, 0.5) is 4.79 Å². The molecular weight excluding hydrogens is 336 g/mol. The van der Waals surface area contributed by atoms with E-state index >= 15 is 0 Å². The lowest BCUT2D eigenvalue weighted by Crippen LogP contribution is -2.52. The van der Waals surface area contributed by atoms with Crippen LogP contribution in [0.15, 0.2) is 54.6 Å². The molecule has 0 heterocycles. The third-order valence-electron chi connectivity index (χ3n) is 4.51. The summed E-state index contributed by atoms with van der Waals surface area (Å²) in [5.41, 5.74) is 2.16. The van der Waals surface area contributed by atoms with Gasteiger partial charge in [-0.15, -0.1) is 0 Å². The van der Waals surface area contributed by atoms with Gasteiger partial charge < -0.3 is 15.4 Å². The van der Waals surface area contributed by atoms with Crippen LogP contribution in [-0.4, -0.2) is 18.2 Å². The summed E-state index contributed by atoms with van der Waals surface area (Å²) < 4.78 is 5.25. The van der Waals surface area contributed by atoms with Crippen molar-refractivity contribution in [3.63, 3.8) is 0 Å². The van der Waals surface area contributed by atoms with Crippen molar-refractivity contribution in [3.8, 4) is 0 Å². The molecule has 2 aromatic rings. The SMILES string of the molecule is C[C@H](NC1CC(NC(=O)OCc2ccccc2)C1)c1cccc(Cl)c1. The molecule has 0 saturated heterocycles. The molecule has 1 amide bonds. The number of hydrogen-bond donors (Lipinski definition) is 2. The van der Waals surface area contributed by atoms with Gasteiger partial charge in [-0.2, -0.15) is 0 Å². The van der Waals surface area contributed by atoms with Gasteiger partial charge in [-0.25, -0.2) is 4.79 Å². The second-order valence-corrected chi connectivity index (χ2v) is 6.95. The summed E-state index contributed by atoms with van der Waals surface area (Å²) in [6.07, 6.45) is 1.46. The quantitative estimate of drug-likeness (QED) is 0.802. The van der Waals surface area contributed by atoms with E-state index in [2.05, 4.69) is 23.6 Å². The molecule has 0 radical (unpaired) electrons. The Morgan fingerprint density at radius 1 is 1.16 bits per heavy atom. The van der Waals surface area contributed by atoms with E-state index in [0.717, 1.165) is 23.4 Å². The van der Waals surface area contributed by atoms with Crippen LogP contribution in [0, 0.1) is 0 Å². The van der Waals surface area contributed by atoms with E-state index in [0.29, 0.717) is 12.6 Å². The molecule has 1 aliphatic rings. The number of benzene rings is 2. The van der Waals surface area contributed by atoms with E-state index in [1.807, 2.05) is 48.5 Å². The Labute approximate surface area is 153 Å². The summed E-state index contributed by atoms with van der Waals surface area (Å²) in [6.45, 7) is 2.42. The number of ether oxygens (including phenoxy) is 1. The second-order valence-electron chi connectivity index (χ2n) is 6.51. The number of amides is 1. The van der Waals surface area contributed by atoms with Gasteiger partial charge >= 0.3 is 6.09 Å². The van der Waals surface area contributed by atoms with Crippen molar-refractivity contribution >= 4 is 17.7 Å². The van der Waals surface area contributed by atoms with Crippen LogP contribution < -0.4 is 10.6 Å². The lowest BCUT2D eigenvalue weighted by Gasteiger charge is -2.38. The molecule has 1 fully saturated rings. The van der Waals surface area contributed by atoms with Crippen LogP contribution in [0.25, 0.3) is 0 Å². The fraction of sp³-hybridized carbons (Fsp3) is 0.350. The number of rotatable bonds is 6. The van der Waals surface area contributed by atoms with Crippen molar-refractivity contribution in [2.75, 3.05) is 0 Å². The first-order valence-corrected chi connectivity index (χ1v) is 8.96. The van der Waals surface area contributed by atoms with E-state index in [-0.39, 0.29) is 18.2 Å². The summed E-state index contributed by atoms with van der Waals surface area (Å²) in [7, 11) is 0. The average molecular weight is 359 g/mol. The number of nitrogens with one attached hydrogen (secondary N) is 2. The summed E-state index contributed by atoms with van der Waals surface area (Å²) >= 11 is 6.04. The summed E-state index contributed by atoms with van der Waals surface area (Å²) in [4.78, 5) is 11.8. The molecule has 0 spiro atoms. The maximum atomic E-state index is 11.8. The van der Waals surface area contributed by atoms with Crippen LogP contribution in [-0.2, 0) is 11.3 Å². The Bertz CT molecular complexity index is 702. The van der Waals surface area contributed by atoms with Gasteiger partial charge in [0.05, 0.1) is 0 Å². The van der Waals surface area contributed by atoms with Crippen LogP contribution in [0.2, 0.25) is 5.02 Å². The minimum atomic E-state index is -0.352. The number of alkyl carbamates (subject to hydrolysis) is 1. The molecule has 4 nitrogen and oxygen atoms in total. The van der Waals surface area contributed by atoms with Gasteiger partial charge in [-0.1, -0.05) is 54.1 Å². The smallest absolute Gasteiger partial charge is 0.407 e. The predicted molar refractivity (Wildman–Crippen MR) is 99.6 cm³/mol. The zero-order valence-corrected chi connectivity index (χ0v) is 15.0. The molecule has 25 heavy (non-hydrogen) atoms. The van der Waals surface area contributed by atoms with Crippen molar-refractivity contribution in [3.05, 3.63) is 70.7 Å². The van der Waals surface area contributed by atoms with Gasteiger partial charge in [0.2, 0.25) is 0 Å². The summed E-state index contributed by atoms with van der Waals surface area (Å²) in [5.74, 6) is 0. The first kappa shape index (κ1) is 17.8. The van der Waals surface area contributed by atoms with Crippen molar-refractivity contribution in [1.29, 1.82) is 0 Å². The zero-order chi connectivity index (χ0) is 17.6. The molecule has 0 aliphatic heterocycles. The van der Waals surface area contributed by atoms with Crippen LogP contribution in [0.5, 0.6) is 0 Å². The topological polar surface area (TPSA) is 50.4 Å².